The third-order valence-electron chi connectivity index (χ3n) is 2.72. The van der Waals surface area contributed by atoms with Crippen LogP contribution in [0.3, 0.4) is 0 Å². The van der Waals surface area contributed by atoms with Gasteiger partial charge < -0.3 is 5.32 Å². The highest BCUT2D eigenvalue weighted by molar-refractivity contribution is 5.75. The van der Waals surface area contributed by atoms with Crippen molar-refractivity contribution in [2.75, 3.05) is 0 Å². The second kappa shape index (κ2) is 5.48. The third kappa shape index (κ3) is 3.06. The zero-order valence-corrected chi connectivity index (χ0v) is 10.7. The summed E-state index contributed by atoms with van der Waals surface area (Å²) in [6.45, 7) is 1.91. The number of aromatic nitrogens is 3. The summed E-state index contributed by atoms with van der Waals surface area (Å²) in [5.41, 5.74) is -0.483. The summed E-state index contributed by atoms with van der Waals surface area (Å²) in [4.78, 5) is 11.4. The SMILES string of the molecule is CCCC(=O)NCc1nnc2ccc(C(F)(F)F)cn12. The molecule has 20 heavy (non-hydrogen) atoms. The third-order valence-corrected chi connectivity index (χ3v) is 2.72. The lowest BCUT2D eigenvalue weighted by Crippen LogP contribution is -2.23. The Kier molecular flexibility index (Phi) is 3.91. The second-order valence-corrected chi connectivity index (χ2v) is 4.29. The van der Waals surface area contributed by atoms with Crippen molar-refractivity contribution in [3.63, 3.8) is 0 Å². The maximum absolute atomic E-state index is 12.6. The van der Waals surface area contributed by atoms with Crippen molar-refractivity contribution < 1.29 is 18.0 Å². The van der Waals surface area contributed by atoms with Gasteiger partial charge in [0, 0.05) is 12.6 Å². The summed E-state index contributed by atoms with van der Waals surface area (Å²) < 4.78 is 39.2. The van der Waals surface area contributed by atoms with Crippen LogP contribution in [0.2, 0.25) is 0 Å². The predicted molar refractivity (Wildman–Crippen MR) is 64.7 cm³/mol. The van der Waals surface area contributed by atoms with Crippen molar-refractivity contribution in [3.05, 3.63) is 29.7 Å². The fraction of sp³-hybridized carbons (Fsp3) is 0.417. The molecule has 0 radical (unpaired) electrons. The number of amides is 1. The highest BCUT2D eigenvalue weighted by Crippen LogP contribution is 2.29. The molecule has 108 valence electrons. The van der Waals surface area contributed by atoms with Gasteiger partial charge >= 0.3 is 6.18 Å². The van der Waals surface area contributed by atoms with Crippen molar-refractivity contribution in [2.24, 2.45) is 0 Å². The minimum absolute atomic E-state index is 0.0430. The standard InChI is InChI=1S/C12H13F3N4O/c1-2-3-11(20)16-6-10-18-17-9-5-4-8(7-19(9)10)12(13,14)15/h4-5,7H,2-3,6H2,1H3,(H,16,20). The van der Waals surface area contributed by atoms with Gasteiger partial charge in [-0.2, -0.15) is 13.2 Å². The van der Waals surface area contributed by atoms with Crippen molar-refractivity contribution in [1.82, 2.24) is 19.9 Å². The smallest absolute Gasteiger partial charge is 0.349 e. The van der Waals surface area contributed by atoms with E-state index in [4.69, 9.17) is 0 Å². The molecule has 2 aromatic heterocycles. The van der Waals surface area contributed by atoms with Crippen molar-refractivity contribution in [3.8, 4) is 0 Å². The van der Waals surface area contributed by atoms with E-state index in [0.717, 1.165) is 12.3 Å². The number of alkyl halides is 3. The van der Waals surface area contributed by atoms with Crippen LogP contribution < -0.4 is 5.32 Å². The Bertz CT molecular complexity index is 621. The largest absolute Gasteiger partial charge is 0.417 e. The van der Waals surface area contributed by atoms with Gasteiger partial charge in [0.05, 0.1) is 12.1 Å². The van der Waals surface area contributed by atoms with Gasteiger partial charge in [-0.3, -0.25) is 9.20 Å². The lowest BCUT2D eigenvalue weighted by Gasteiger charge is -2.08. The molecule has 0 aliphatic carbocycles. The highest BCUT2D eigenvalue weighted by atomic mass is 19.4. The van der Waals surface area contributed by atoms with Gasteiger partial charge in [-0.15, -0.1) is 10.2 Å². The van der Waals surface area contributed by atoms with Gasteiger partial charge in [-0.1, -0.05) is 6.92 Å². The van der Waals surface area contributed by atoms with E-state index in [0.29, 0.717) is 18.5 Å². The lowest BCUT2D eigenvalue weighted by atomic mass is 10.3. The summed E-state index contributed by atoms with van der Waals surface area (Å²) in [6.07, 6.45) is -2.44. The number of hydrogen-bond acceptors (Lipinski definition) is 3. The van der Waals surface area contributed by atoms with Crippen LogP contribution in [0.1, 0.15) is 31.2 Å². The first-order valence-corrected chi connectivity index (χ1v) is 6.09. The van der Waals surface area contributed by atoms with Crippen molar-refractivity contribution >= 4 is 11.6 Å². The lowest BCUT2D eigenvalue weighted by molar-refractivity contribution is -0.137. The van der Waals surface area contributed by atoms with Gasteiger partial charge in [0.15, 0.2) is 11.5 Å². The molecule has 0 fully saturated rings. The fourth-order valence-electron chi connectivity index (χ4n) is 1.72. The summed E-state index contributed by atoms with van der Waals surface area (Å²) in [7, 11) is 0. The van der Waals surface area contributed by atoms with E-state index < -0.39 is 11.7 Å². The van der Waals surface area contributed by atoms with E-state index in [2.05, 4.69) is 15.5 Å². The van der Waals surface area contributed by atoms with Gasteiger partial charge in [-0.25, -0.2) is 0 Å². The Balaban J connectivity index is 2.23. The van der Waals surface area contributed by atoms with Crippen LogP contribution in [0.4, 0.5) is 13.2 Å². The van der Waals surface area contributed by atoms with Crippen LogP contribution in [-0.2, 0) is 17.5 Å². The Hall–Kier alpha value is -2.12. The number of pyridine rings is 1. The zero-order valence-electron chi connectivity index (χ0n) is 10.7. The maximum Gasteiger partial charge on any atom is 0.417 e. The molecule has 0 unspecified atom stereocenters. The number of nitrogens with one attached hydrogen (secondary N) is 1. The second-order valence-electron chi connectivity index (χ2n) is 4.29. The molecule has 2 heterocycles. The van der Waals surface area contributed by atoms with E-state index in [1.807, 2.05) is 6.92 Å². The van der Waals surface area contributed by atoms with Crippen LogP contribution in [0.5, 0.6) is 0 Å². The van der Waals surface area contributed by atoms with E-state index in [1.54, 1.807) is 0 Å². The monoisotopic (exact) mass is 286 g/mol. The Morgan fingerprint density at radius 3 is 2.75 bits per heavy atom. The Labute approximate surface area is 112 Å². The van der Waals surface area contributed by atoms with Crippen molar-refractivity contribution in [2.45, 2.75) is 32.5 Å². The van der Waals surface area contributed by atoms with Crippen molar-refractivity contribution in [1.29, 1.82) is 0 Å². The van der Waals surface area contributed by atoms with Gasteiger partial charge in [0.25, 0.3) is 0 Å². The fourth-order valence-corrected chi connectivity index (χ4v) is 1.72. The number of carbonyl (C=O) groups excluding carboxylic acids is 1. The molecule has 0 bridgehead atoms. The number of nitrogens with zero attached hydrogens (tertiary/aromatic N) is 3. The van der Waals surface area contributed by atoms with Gasteiger partial charge in [0.2, 0.25) is 5.91 Å². The molecule has 2 aromatic rings. The van der Waals surface area contributed by atoms with Gasteiger partial charge in [-0.05, 0) is 18.6 Å². The molecule has 0 aliphatic rings. The molecule has 0 atom stereocenters. The highest BCUT2D eigenvalue weighted by Gasteiger charge is 2.31. The topological polar surface area (TPSA) is 59.3 Å². The normalized spacial score (nSPS) is 11.8. The summed E-state index contributed by atoms with van der Waals surface area (Å²) in [5, 5.41) is 10.1. The van der Waals surface area contributed by atoms with Crippen LogP contribution in [0, 0.1) is 0 Å². The average Bonchev–Trinajstić information content (AvgIpc) is 2.78. The molecule has 0 spiro atoms. The number of rotatable bonds is 4. The Morgan fingerprint density at radius 2 is 2.10 bits per heavy atom. The van der Waals surface area contributed by atoms with E-state index in [9.17, 15) is 18.0 Å². The Morgan fingerprint density at radius 1 is 1.35 bits per heavy atom. The molecule has 2 rings (SSSR count). The number of halogens is 3. The minimum Gasteiger partial charge on any atom is -0.349 e. The van der Waals surface area contributed by atoms with Crippen LogP contribution in [0.15, 0.2) is 18.3 Å². The first-order chi connectivity index (χ1) is 9.41. The number of hydrogen-bond donors (Lipinski definition) is 1. The van der Waals surface area contributed by atoms with Crippen LogP contribution >= 0.6 is 0 Å². The first-order valence-electron chi connectivity index (χ1n) is 6.09. The molecular weight excluding hydrogens is 273 g/mol. The quantitative estimate of drug-likeness (QED) is 0.937. The molecule has 5 nitrogen and oxygen atoms in total. The molecular formula is C12H13F3N4O. The molecule has 0 aromatic carbocycles. The maximum atomic E-state index is 12.6. The van der Waals surface area contributed by atoms with Gasteiger partial charge in [0.1, 0.15) is 0 Å². The number of carbonyl (C=O) groups is 1. The molecule has 1 amide bonds. The molecule has 8 heteroatoms. The van der Waals surface area contributed by atoms with E-state index in [-0.39, 0.29) is 18.3 Å². The summed E-state index contributed by atoms with van der Waals surface area (Å²) in [6, 6.07) is 2.19. The molecule has 0 saturated carbocycles. The predicted octanol–water partition coefficient (Wildman–Crippen LogP) is 2.16. The summed E-state index contributed by atoms with van der Waals surface area (Å²) >= 11 is 0. The van der Waals surface area contributed by atoms with E-state index in [1.165, 1.54) is 10.5 Å². The number of fused-ring (bicyclic) bond motifs is 1. The van der Waals surface area contributed by atoms with E-state index >= 15 is 0 Å². The summed E-state index contributed by atoms with van der Waals surface area (Å²) in [5.74, 6) is 0.0896. The van der Waals surface area contributed by atoms with Crippen LogP contribution in [-0.4, -0.2) is 20.5 Å². The average molecular weight is 286 g/mol. The molecule has 1 N–H and O–H groups in total. The van der Waals surface area contributed by atoms with Crippen LogP contribution in [0.25, 0.3) is 5.65 Å². The first kappa shape index (κ1) is 14.3. The minimum atomic E-state index is -4.43. The molecule has 0 saturated heterocycles. The molecule has 0 aliphatic heterocycles. The zero-order chi connectivity index (χ0) is 14.8.